The van der Waals surface area contributed by atoms with Crippen molar-refractivity contribution in [2.45, 2.75) is 52.1 Å². The molecular formula is C16H24N2O. The van der Waals surface area contributed by atoms with Gasteiger partial charge in [0.25, 0.3) is 0 Å². The second-order valence-corrected chi connectivity index (χ2v) is 6.38. The fraction of sp³-hybridized carbons (Fsp3) is 0.562. The minimum atomic E-state index is -0.360. The van der Waals surface area contributed by atoms with Crippen molar-refractivity contribution in [2.75, 3.05) is 0 Å². The van der Waals surface area contributed by atoms with Crippen LogP contribution < -0.4 is 11.1 Å². The van der Waals surface area contributed by atoms with E-state index in [9.17, 15) is 4.79 Å². The molecule has 1 fully saturated rings. The third-order valence-corrected chi connectivity index (χ3v) is 4.15. The third kappa shape index (κ3) is 4.06. The number of benzene rings is 1. The van der Waals surface area contributed by atoms with Crippen LogP contribution in [0.4, 0.5) is 0 Å². The average Bonchev–Trinajstić information content (AvgIpc) is 2.38. The van der Waals surface area contributed by atoms with E-state index in [2.05, 4.69) is 19.2 Å². The van der Waals surface area contributed by atoms with E-state index in [0.717, 1.165) is 12.1 Å². The molecule has 0 aromatic heterocycles. The summed E-state index contributed by atoms with van der Waals surface area (Å²) < 4.78 is 0. The van der Waals surface area contributed by atoms with Crippen LogP contribution >= 0.6 is 0 Å². The lowest BCUT2D eigenvalue weighted by Gasteiger charge is -2.34. The van der Waals surface area contributed by atoms with E-state index >= 15 is 0 Å². The largest absolute Gasteiger partial charge is 0.366 e. The Morgan fingerprint density at radius 2 is 2.05 bits per heavy atom. The van der Waals surface area contributed by atoms with Gasteiger partial charge in [0.15, 0.2) is 0 Å². The molecule has 3 nitrogen and oxygen atoms in total. The van der Waals surface area contributed by atoms with Gasteiger partial charge in [-0.1, -0.05) is 26.0 Å². The molecule has 1 aromatic carbocycles. The molecule has 1 aliphatic rings. The Labute approximate surface area is 115 Å². The highest BCUT2D eigenvalue weighted by Crippen LogP contribution is 2.35. The van der Waals surface area contributed by atoms with Gasteiger partial charge in [0, 0.05) is 18.2 Å². The van der Waals surface area contributed by atoms with Crippen LogP contribution in [0, 0.1) is 5.41 Å². The lowest BCUT2D eigenvalue weighted by molar-refractivity contribution is 0.1000. The minimum Gasteiger partial charge on any atom is -0.366 e. The maximum Gasteiger partial charge on any atom is 0.248 e. The number of primary amides is 1. The fourth-order valence-corrected chi connectivity index (χ4v) is 2.70. The molecule has 2 rings (SSSR count). The van der Waals surface area contributed by atoms with Crippen LogP contribution in [-0.4, -0.2) is 11.9 Å². The van der Waals surface area contributed by atoms with Gasteiger partial charge in [-0.2, -0.15) is 0 Å². The van der Waals surface area contributed by atoms with E-state index in [-0.39, 0.29) is 5.91 Å². The van der Waals surface area contributed by atoms with Gasteiger partial charge in [-0.15, -0.1) is 0 Å². The molecule has 0 unspecified atom stereocenters. The highest BCUT2D eigenvalue weighted by molar-refractivity contribution is 5.92. The molecule has 0 radical (unpaired) electrons. The SMILES string of the molecule is CC1(C)CCC(NCc2cccc(C(N)=O)c2)CC1. The van der Waals surface area contributed by atoms with Gasteiger partial charge < -0.3 is 11.1 Å². The lowest BCUT2D eigenvalue weighted by atomic mass is 9.75. The van der Waals surface area contributed by atoms with Gasteiger partial charge in [-0.05, 0) is 48.8 Å². The molecule has 0 atom stereocenters. The van der Waals surface area contributed by atoms with Gasteiger partial charge in [0.2, 0.25) is 5.91 Å². The molecule has 19 heavy (non-hydrogen) atoms. The molecule has 3 N–H and O–H groups in total. The first-order valence-electron chi connectivity index (χ1n) is 7.08. The summed E-state index contributed by atoms with van der Waals surface area (Å²) in [5.74, 6) is -0.360. The number of carbonyl (C=O) groups is 1. The standard InChI is InChI=1S/C16H24N2O/c1-16(2)8-6-14(7-9-16)18-11-12-4-3-5-13(10-12)15(17)19/h3-5,10,14,18H,6-9,11H2,1-2H3,(H2,17,19). The van der Waals surface area contributed by atoms with E-state index in [1.807, 2.05) is 18.2 Å². The Hall–Kier alpha value is -1.35. The summed E-state index contributed by atoms with van der Waals surface area (Å²) in [6.07, 6.45) is 5.04. The highest BCUT2D eigenvalue weighted by Gasteiger charge is 2.26. The molecule has 0 aliphatic heterocycles. The van der Waals surface area contributed by atoms with Crippen molar-refractivity contribution in [1.82, 2.24) is 5.32 Å². The molecule has 0 saturated heterocycles. The van der Waals surface area contributed by atoms with Crippen molar-refractivity contribution in [1.29, 1.82) is 0 Å². The Bertz CT molecular complexity index is 444. The summed E-state index contributed by atoms with van der Waals surface area (Å²) in [5.41, 5.74) is 7.51. The van der Waals surface area contributed by atoms with Crippen molar-refractivity contribution in [3.63, 3.8) is 0 Å². The van der Waals surface area contributed by atoms with Crippen LogP contribution in [0.25, 0.3) is 0 Å². The zero-order valence-corrected chi connectivity index (χ0v) is 11.9. The molecule has 1 amide bonds. The fourth-order valence-electron chi connectivity index (χ4n) is 2.70. The monoisotopic (exact) mass is 260 g/mol. The first kappa shape index (κ1) is 14.1. The normalized spacial score (nSPS) is 19.3. The summed E-state index contributed by atoms with van der Waals surface area (Å²) in [6, 6.07) is 8.16. The predicted octanol–water partition coefficient (Wildman–Crippen LogP) is 2.84. The molecule has 1 saturated carbocycles. The molecule has 0 spiro atoms. The Morgan fingerprint density at radius 3 is 2.68 bits per heavy atom. The number of nitrogens with two attached hydrogens (primary N) is 1. The van der Waals surface area contributed by atoms with Crippen molar-refractivity contribution >= 4 is 5.91 Å². The van der Waals surface area contributed by atoms with Gasteiger partial charge in [0.05, 0.1) is 0 Å². The zero-order chi connectivity index (χ0) is 13.9. The summed E-state index contributed by atoms with van der Waals surface area (Å²) >= 11 is 0. The number of amides is 1. The van der Waals surface area contributed by atoms with Crippen molar-refractivity contribution in [3.8, 4) is 0 Å². The lowest BCUT2D eigenvalue weighted by Crippen LogP contribution is -2.35. The Kier molecular flexibility index (Phi) is 4.25. The first-order valence-corrected chi connectivity index (χ1v) is 7.08. The van der Waals surface area contributed by atoms with Gasteiger partial charge in [-0.3, -0.25) is 4.79 Å². The van der Waals surface area contributed by atoms with Gasteiger partial charge in [0.1, 0.15) is 0 Å². The van der Waals surface area contributed by atoms with Crippen LogP contribution in [0.3, 0.4) is 0 Å². The van der Waals surface area contributed by atoms with Crippen molar-refractivity contribution < 1.29 is 4.79 Å². The molecular weight excluding hydrogens is 236 g/mol. The molecule has 104 valence electrons. The van der Waals surface area contributed by atoms with Gasteiger partial charge >= 0.3 is 0 Å². The number of hydrogen-bond acceptors (Lipinski definition) is 2. The number of carbonyl (C=O) groups excluding carboxylic acids is 1. The topological polar surface area (TPSA) is 55.1 Å². The second kappa shape index (κ2) is 5.74. The minimum absolute atomic E-state index is 0.360. The quantitative estimate of drug-likeness (QED) is 0.874. The first-order chi connectivity index (χ1) is 8.96. The van der Waals surface area contributed by atoms with Crippen LogP contribution in [0.15, 0.2) is 24.3 Å². The zero-order valence-electron chi connectivity index (χ0n) is 11.9. The highest BCUT2D eigenvalue weighted by atomic mass is 16.1. The van der Waals surface area contributed by atoms with E-state index in [1.54, 1.807) is 6.07 Å². The summed E-state index contributed by atoms with van der Waals surface area (Å²) in [4.78, 5) is 11.1. The van der Waals surface area contributed by atoms with Crippen molar-refractivity contribution in [2.24, 2.45) is 11.1 Å². The Balaban J connectivity index is 1.86. The van der Waals surface area contributed by atoms with E-state index < -0.39 is 0 Å². The van der Waals surface area contributed by atoms with E-state index in [0.29, 0.717) is 17.0 Å². The van der Waals surface area contributed by atoms with Crippen LogP contribution in [0.5, 0.6) is 0 Å². The molecule has 1 aliphatic carbocycles. The molecule has 3 heteroatoms. The van der Waals surface area contributed by atoms with Crippen molar-refractivity contribution in [3.05, 3.63) is 35.4 Å². The second-order valence-electron chi connectivity index (χ2n) is 6.38. The molecule has 0 heterocycles. The molecule has 0 bridgehead atoms. The Morgan fingerprint density at radius 1 is 1.37 bits per heavy atom. The van der Waals surface area contributed by atoms with Crippen LogP contribution in [0.2, 0.25) is 0 Å². The summed E-state index contributed by atoms with van der Waals surface area (Å²) in [5, 5.41) is 3.59. The molecule has 1 aromatic rings. The number of rotatable bonds is 4. The van der Waals surface area contributed by atoms with Crippen LogP contribution in [-0.2, 0) is 6.54 Å². The number of hydrogen-bond donors (Lipinski definition) is 2. The summed E-state index contributed by atoms with van der Waals surface area (Å²) in [7, 11) is 0. The predicted molar refractivity (Wildman–Crippen MR) is 77.8 cm³/mol. The van der Waals surface area contributed by atoms with Crippen LogP contribution in [0.1, 0.15) is 55.5 Å². The average molecular weight is 260 g/mol. The smallest absolute Gasteiger partial charge is 0.248 e. The summed E-state index contributed by atoms with van der Waals surface area (Å²) in [6.45, 7) is 5.51. The van der Waals surface area contributed by atoms with E-state index in [4.69, 9.17) is 5.73 Å². The third-order valence-electron chi connectivity index (χ3n) is 4.15. The maximum atomic E-state index is 11.1. The maximum absolute atomic E-state index is 11.1. The van der Waals surface area contributed by atoms with Gasteiger partial charge in [-0.25, -0.2) is 0 Å². The van der Waals surface area contributed by atoms with E-state index in [1.165, 1.54) is 25.7 Å². The number of nitrogens with one attached hydrogen (secondary N) is 1.